The number of rotatable bonds is 9. The van der Waals surface area contributed by atoms with Crippen molar-refractivity contribution in [3.63, 3.8) is 0 Å². The first-order valence-corrected chi connectivity index (χ1v) is 13.2. The molecule has 0 bridgehead atoms. The van der Waals surface area contributed by atoms with Gasteiger partial charge < -0.3 is 14.5 Å². The summed E-state index contributed by atoms with van der Waals surface area (Å²) in [6, 6.07) is 19.3. The number of aromatic nitrogens is 2. The van der Waals surface area contributed by atoms with Gasteiger partial charge in [-0.1, -0.05) is 41.1 Å². The number of aliphatic carboxylic acids is 1. The molecule has 1 aliphatic rings. The zero-order chi connectivity index (χ0) is 27.4. The lowest BCUT2D eigenvalue weighted by atomic mass is 9.91. The normalized spacial score (nSPS) is 14.3. The first kappa shape index (κ1) is 26.3. The predicted molar refractivity (Wildman–Crippen MR) is 146 cm³/mol. The Hall–Kier alpha value is -4.33. The van der Waals surface area contributed by atoms with Crippen LogP contribution < -0.4 is 4.90 Å². The van der Waals surface area contributed by atoms with Crippen molar-refractivity contribution < 1.29 is 23.6 Å². The average molecular weight is 528 g/mol. The van der Waals surface area contributed by atoms with Gasteiger partial charge in [0.25, 0.3) is 5.89 Å². The van der Waals surface area contributed by atoms with Gasteiger partial charge in [-0.05, 0) is 74.6 Å². The van der Waals surface area contributed by atoms with E-state index in [1.165, 1.54) is 18.6 Å². The van der Waals surface area contributed by atoms with Crippen LogP contribution in [0.25, 0.3) is 22.8 Å². The third-order valence-corrected chi connectivity index (χ3v) is 7.15. The van der Waals surface area contributed by atoms with Crippen LogP contribution in [-0.4, -0.2) is 40.1 Å². The number of carbonyl (C=O) groups is 2. The zero-order valence-electron chi connectivity index (χ0n) is 21.8. The van der Waals surface area contributed by atoms with Crippen LogP contribution in [0, 0.1) is 18.7 Å². The van der Waals surface area contributed by atoms with Crippen molar-refractivity contribution in [1.29, 1.82) is 0 Å². The molecule has 0 spiro atoms. The Kier molecular flexibility index (Phi) is 7.81. The van der Waals surface area contributed by atoms with E-state index in [2.05, 4.69) is 15.0 Å². The number of carboxylic acids is 1. The number of aryl methyl sites for hydroxylation is 1. The lowest BCUT2D eigenvalue weighted by molar-refractivity contribution is -0.141. The van der Waals surface area contributed by atoms with Crippen molar-refractivity contribution in [2.24, 2.45) is 5.92 Å². The van der Waals surface area contributed by atoms with E-state index in [0.29, 0.717) is 11.1 Å². The second-order valence-corrected chi connectivity index (χ2v) is 10.1. The summed E-state index contributed by atoms with van der Waals surface area (Å²) < 4.78 is 20.4. The van der Waals surface area contributed by atoms with Crippen LogP contribution >= 0.6 is 0 Å². The van der Waals surface area contributed by atoms with Gasteiger partial charge in [-0.2, -0.15) is 4.98 Å². The fourth-order valence-electron chi connectivity index (χ4n) is 4.91. The van der Waals surface area contributed by atoms with Gasteiger partial charge in [0.1, 0.15) is 5.82 Å². The monoisotopic (exact) mass is 527 g/mol. The molecule has 2 heterocycles. The SMILES string of the molecule is Cc1ccc(-c2nc(-c3ccc(CC(CC(=O)c4cccc(N5CCCCC5)c4)C(=O)O)cc3F)no2)cc1. The van der Waals surface area contributed by atoms with Crippen molar-refractivity contribution in [1.82, 2.24) is 10.1 Å². The number of hydrogen-bond donors (Lipinski definition) is 1. The molecule has 1 fully saturated rings. The molecule has 1 atom stereocenters. The Labute approximate surface area is 226 Å². The number of nitrogens with zero attached hydrogens (tertiary/aromatic N) is 3. The molecule has 1 aromatic heterocycles. The van der Waals surface area contributed by atoms with Crippen LogP contribution in [0.15, 0.2) is 71.3 Å². The molecule has 39 heavy (non-hydrogen) atoms. The molecule has 8 heteroatoms. The van der Waals surface area contributed by atoms with E-state index in [0.717, 1.165) is 42.7 Å². The van der Waals surface area contributed by atoms with E-state index < -0.39 is 17.7 Å². The summed E-state index contributed by atoms with van der Waals surface area (Å²) in [6.07, 6.45) is 3.29. The van der Waals surface area contributed by atoms with Crippen LogP contribution in [0.1, 0.15) is 47.2 Å². The average Bonchev–Trinajstić information content (AvgIpc) is 3.43. The van der Waals surface area contributed by atoms with Crippen LogP contribution in [0.3, 0.4) is 0 Å². The van der Waals surface area contributed by atoms with E-state index >= 15 is 4.39 Å². The summed E-state index contributed by atoms with van der Waals surface area (Å²) in [5.74, 6) is -2.53. The minimum atomic E-state index is -1.10. The number of benzene rings is 3. The summed E-state index contributed by atoms with van der Waals surface area (Å²) in [6.45, 7) is 3.88. The molecule has 1 unspecified atom stereocenters. The number of halogens is 1. The maximum atomic E-state index is 15.1. The molecule has 1 N–H and O–H groups in total. The standard InChI is InChI=1S/C31H30FN3O4/c1-20-8-11-22(12-9-20)30-33-29(34-39-30)26-13-10-21(17-27(26)32)16-24(31(37)38)19-28(36)23-6-5-7-25(18-23)35-14-3-2-4-15-35/h5-13,17-18,24H,2-4,14-16,19H2,1H3,(H,37,38). The molecule has 4 aromatic rings. The smallest absolute Gasteiger partial charge is 0.307 e. The van der Waals surface area contributed by atoms with Crippen molar-refractivity contribution in [3.8, 4) is 22.8 Å². The fourth-order valence-corrected chi connectivity index (χ4v) is 4.91. The zero-order valence-corrected chi connectivity index (χ0v) is 21.8. The quantitative estimate of drug-likeness (QED) is 0.253. The van der Waals surface area contributed by atoms with Gasteiger partial charge in [-0.3, -0.25) is 9.59 Å². The molecule has 7 nitrogen and oxygen atoms in total. The number of piperidine rings is 1. The highest BCUT2D eigenvalue weighted by Crippen LogP contribution is 2.27. The maximum absolute atomic E-state index is 15.1. The number of carboxylic acid groups (broad SMARTS) is 1. The Balaban J connectivity index is 1.28. The summed E-state index contributed by atoms with van der Waals surface area (Å²) in [4.78, 5) is 31.6. The lowest BCUT2D eigenvalue weighted by Gasteiger charge is -2.29. The molecule has 0 amide bonds. The molecule has 1 aliphatic heterocycles. The van der Waals surface area contributed by atoms with Gasteiger partial charge in [-0.25, -0.2) is 4.39 Å². The Bertz CT molecular complexity index is 1480. The number of anilines is 1. The Morgan fingerprint density at radius 2 is 1.79 bits per heavy atom. The number of Topliss-reactive ketones (excluding diaryl/α,β-unsaturated/α-hetero) is 1. The molecule has 0 saturated carbocycles. The maximum Gasteiger partial charge on any atom is 0.307 e. The third-order valence-electron chi connectivity index (χ3n) is 7.15. The highest BCUT2D eigenvalue weighted by Gasteiger charge is 2.24. The van der Waals surface area contributed by atoms with Crippen molar-refractivity contribution >= 4 is 17.4 Å². The summed E-state index contributed by atoms with van der Waals surface area (Å²) in [5.41, 5.74) is 3.92. The van der Waals surface area contributed by atoms with E-state index in [1.54, 1.807) is 12.1 Å². The molecule has 200 valence electrons. The van der Waals surface area contributed by atoms with Gasteiger partial charge in [0.2, 0.25) is 5.82 Å². The largest absolute Gasteiger partial charge is 0.481 e. The highest BCUT2D eigenvalue weighted by atomic mass is 19.1. The minimum absolute atomic E-state index is 0.0188. The number of ketones is 1. The van der Waals surface area contributed by atoms with Crippen LogP contribution in [-0.2, 0) is 11.2 Å². The highest BCUT2D eigenvalue weighted by molar-refractivity contribution is 5.98. The molecule has 5 rings (SSSR count). The number of hydrogen-bond acceptors (Lipinski definition) is 6. The summed E-state index contributed by atoms with van der Waals surface area (Å²) in [5, 5.41) is 13.7. The van der Waals surface area contributed by atoms with E-state index in [9.17, 15) is 14.7 Å². The third kappa shape index (κ3) is 6.22. The summed E-state index contributed by atoms with van der Waals surface area (Å²) >= 11 is 0. The van der Waals surface area contributed by atoms with Crippen LogP contribution in [0.5, 0.6) is 0 Å². The van der Waals surface area contributed by atoms with Gasteiger partial charge >= 0.3 is 5.97 Å². The first-order valence-electron chi connectivity index (χ1n) is 13.2. The van der Waals surface area contributed by atoms with Crippen LogP contribution in [0.2, 0.25) is 0 Å². The van der Waals surface area contributed by atoms with E-state index in [-0.39, 0.29) is 35.9 Å². The van der Waals surface area contributed by atoms with Crippen molar-refractivity contribution in [3.05, 3.63) is 89.2 Å². The molecule has 1 saturated heterocycles. The Morgan fingerprint density at radius 1 is 1.03 bits per heavy atom. The minimum Gasteiger partial charge on any atom is -0.481 e. The topological polar surface area (TPSA) is 96.5 Å². The molecule has 0 aliphatic carbocycles. The molecule has 3 aromatic carbocycles. The van der Waals surface area contributed by atoms with Gasteiger partial charge in [0, 0.05) is 36.3 Å². The predicted octanol–water partition coefficient (Wildman–Crippen LogP) is 6.36. The molecular weight excluding hydrogens is 497 g/mol. The second-order valence-electron chi connectivity index (χ2n) is 10.1. The second kappa shape index (κ2) is 11.6. The lowest BCUT2D eigenvalue weighted by Crippen LogP contribution is -2.29. The van der Waals surface area contributed by atoms with E-state index in [1.807, 2.05) is 49.4 Å². The van der Waals surface area contributed by atoms with E-state index in [4.69, 9.17) is 4.52 Å². The van der Waals surface area contributed by atoms with Gasteiger partial charge in [-0.15, -0.1) is 0 Å². The molecule has 0 radical (unpaired) electrons. The van der Waals surface area contributed by atoms with Gasteiger partial charge in [0.05, 0.1) is 11.5 Å². The van der Waals surface area contributed by atoms with Crippen molar-refractivity contribution in [2.45, 2.75) is 39.0 Å². The van der Waals surface area contributed by atoms with Crippen LogP contribution in [0.4, 0.5) is 10.1 Å². The fraction of sp³-hybridized carbons (Fsp3) is 0.290. The first-order chi connectivity index (χ1) is 18.9. The number of carbonyl (C=O) groups excluding carboxylic acids is 1. The summed E-state index contributed by atoms with van der Waals surface area (Å²) in [7, 11) is 0. The van der Waals surface area contributed by atoms with Gasteiger partial charge in [0.15, 0.2) is 5.78 Å². The Morgan fingerprint density at radius 3 is 2.51 bits per heavy atom. The molecular formula is C31H30FN3O4. The van der Waals surface area contributed by atoms with Crippen molar-refractivity contribution in [2.75, 3.05) is 18.0 Å².